The van der Waals surface area contributed by atoms with Gasteiger partial charge in [0.15, 0.2) is 0 Å². The summed E-state index contributed by atoms with van der Waals surface area (Å²) in [6.07, 6.45) is -0.486. The Labute approximate surface area is 93.5 Å². The molecule has 4 heteroatoms. The molecule has 0 rings (SSSR count). The summed E-state index contributed by atoms with van der Waals surface area (Å²) >= 11 is 0. The van der Waals surface area contributed by atoms with Crippen LogP contribution in [0.3, 0.4) is 0 Å². The molecule has 4 nitrogen and oxygen atoms in total. The molecule has 92 valence electrons. The van der Waals surface area contributed by atoms with Crippen molar-refractivity contribution in [1.82, 2.24) is 9.80 Å². The average Bonchev–Trinajstić information content (AvgIpc) is 2.24. The molecule has 0 radical (unpaired) electrons. The van der Waals surface area contributed by atoms with Gasteiger partial charge in [-0.15, -0.1) is 0 Å². The van der Waals surface area contributed by atoms with Crippen LogP contribution in [0.1, 0.15) is 20.8 Å². The molecule has 0 spiro atoms. The summed E-state index contributed by atoms with van der Waals surface area (Å²) in [6, 6.07) is -0.144. The molecule has 0 aliphatic rings. The van der Waals surface area contributed by atoms with Crippen LogP contribution >= 0.6 is 0 Å². The van der Waals surface area contributed by atoms with Gasteiger partial charge in [0.1, 0.15) is 0 Å². The van der Waals surface area contributed by atoms with Crippen LogP contribution in [0.2, 0.25) is 0 Å². The van der Waals surface area contributed by atoms with E-state index >= 15 is 0 Å². The lowest BCUT2D eigenvalue weighted by Gasteiger charge is -2.33. The van der Waals surface area contributed by atoms with Gasteiger partial charge in [-0.25, -0.2) is 0 Å². The molecule has 0 heterocycles. The summed E-state index contributed by atoms with van der Waals surface area (Å²) in [5.41, 5.74) is 0. The van der Waals surface area contributed by atoms with Crippen LogP contribution in [0.25, 0.3) is 0 Å². The minimum absolute atomic E-state index is 0.0143. The Kier molecular flexibility index (Phi) is 7.96. The highest BCUT2D eigenvalue weighted by atomic mass is 16.3. The first-order valence-corrected chi connectivity index (χ1v) is 5.82. The summed E-state index contributed by atoms with van der Waals surface area (Å²) < 4.78 is 0. The molecule has 0 amide bonds. The SMILES string of the molecule is CCN(C)CC(O)C(CO)N(CC)CC. The number of likely N-dealkylation sites (N-methyl/N-ethyl adjacent to an activating group) is 2. The Balaban J connectivity index is 4.25. The van der Waals surface area contributed by atoms with Gasteiger partial charge in [0.2, 0.25) is 0 Å². The summed E-state index contributed by atoms with van der Waals surface area (Å²) in [5.74, 6) is 0. The normalized spacial score (nSPS) is 16.0. The highest BCUT2D eigenvalue weighted by Gasteiger charge is 2.23. The fraction of sp³-hybridized carbons (Fsp3) is 1.00. The third-order valence-electron chi connectivity index (χ3n) is 2.95. The van der Waals surface area contributed by atoms with Crippen molar-refractivity contribution in [2.75, 3.05) is 39.8 Å². The number of aliphatic hydroxyl groups is 2. The maximum absolute atomic E-state index is 10.00. The molecule has 2 atom stereocenters. The predicted molar refractivity (Wildman–Crippen MR) is 63.0 cm³/mol. The standard InChI is InChI=1S/C11H26N2O2/c1-5-12(4)8-11(15)10(9-14)13(6-2)7-3/h10-11,14-15H,5-9H2,1-4H3. The van der Waals surface area contributed by atoms with Crippen molar-refractivity contribution in [1.29, 1.82) is 0 Å². The van der Waals surface area contributed by atoms with Crippen molar-refractivity contribution in [3.8, 4) is 0 Å². The van der Waals surface area contributed by atoms with E-state index in [2.05, 4.69) is 16.7 Å². The molecule has 0 fully saturated rings. The molecular weight excluding hydrogens is 192 g/mol. The summed E-state index contributed by atoms with van der Waals surface area (Å²) in [4.78, 5) is 4.14. The van der Waals surface area contributed by atoms with Gasteiger partial charge in [0.05, 0.1) is 18.8 Å². The molecule has 0 aromatic heterocycles. The van der Waals surface area contributed by atoms with Gasteiger partial charge in [-0.2, -0.15) is 0 Å². The largest absolute Gasteiger partial charge is 0.395 e. The van der Waals surface area contributed by atoms with Crippen LogP contribution in [-0.2, 0) is 0 Å². The van der Waals surface area contributed by atoms with E-state index < -0.39 is 6.10 Å². The highest BCUT2D eigenvalue weighted by molar-refractivity contribution is 4.79. The molecule has 2 N–H and O–H groups in total. The zero-order valence-electron chi connectivity index (χ0n) is 10.5. The van der Waals surface area contributed by atoms with Crippen molar-refractivity contribution in [2.45, 2.75) is 32.9 Å². The summed E-state index contributed by atoms with van der Waals surface area (Å²) in [5, 5.41) is 19.3. The van der Waals surface area contributed by atoms with Crippen LogP contribution in [-0.4, -0.2) is 72.0 Å². The molecule has 0 aromatic rings. The number of hydrogen-bond donors (Lipinski definition) is 2. The third-order valence-corrected chi connectivity index (χ3v) is 2.95. The second-order valence-corrected chi connectivity index (χ2v) is 3.89. The summed E-state index contributed by atoms with van der Waals surface area (Å²) in [6.45, 7) is 9.39. The second-order valence-electron chi connectivity index (χ2n) is 3.89. The lowest BCUT2D eigenvalue weighted by Crippen LogP contribution is -2.49. The van der Waals surface area contributed by atoms with Crippen molar-refractivity contribution in [3.63, 3.8) is 0 Å². The van der Waals surface area contributed by atoms with Gasteiger partial charge in [-0.05, 0) is 26.7 Å². The van der Waals surface area contributed by atoms with E-state index in [0.717, 1.165) is 19.6 Å². The van der Waals surface area contributed by atoms with Crippen molar-refractivity contribution in [3.05, 3.63) is 0 Å². The van der Waals surface area contributed by atoms with Crippen molar-refractivity contribution < 1.29 is 10.2 Å². The van der Waals surface area contributed by atoms with E-state index in [1.807, 2.05) is 20.9 Å². The van der Waals surface area contributed by atoms with Crippen LogP contribution in [0, 0.1) is 0 Å². The number of hydrogen-bond acceptors (Lipinski definition) is 4. The predicted octanol–water partition coefficient (Wildman–Crippen LogP) is 0.00170. The van der Waals surface area contributed by atoms with E-state index in [1.54, 1.807) is 0 Å². The van der Waals surface area contributed by atoms with E-state index in [4.69, 9.17) is 0 Å². The van der Waals surface area contributed by atoms with Gasteiger partial charge >= 0.3 is 0 Å². The molecule has 0 bridgehead atoms. The van der Waals surface area contributed by atoms with E-state index in [1.165, 1.54) is 0 Å². The van der Waals surface area contributed by atoms with Gasteiger partial charge in [0, 0.05) is 6.54 Å². The molecule has 2 unspecified atom stereocenters. The van der Waals surface area contributed by atoms with Crippen LogP contribution in [0.4, 0.5) is 0 Å². The van der Waals surface area contributed by atoms with E-state index in [0.29, 0.717) is 6.54 Å². The Morgan fingerprint density at radius 1 is 1.07 bits per heavy atom. The first-order valence-electron chi connectivity index (χ1n) is 5.82. The topological polar surface area (TPSA) is 46.9 Å². The quantitative estimate of drug-likeness (QED) is 0.602. The molecule has 0 saturated carbocycles. The number of nitrogens with zero attached hydrogens (tertiary/aromatic N) is 2. The summed E-state index contributed by atoms with van der Waals surface area (Å²) in [7, 11) is 1.97. The maximum atomic E-state index is 10.00. The minimum atomic E-state index is -0.486. The van der Waals surface area contributed by atoms with Crippen molar-refractivity contribution in [2.24, 2.45) is 0 Å². The smallest absolute Gasteiger partial charge is 0.0844 e. The number of aliphatic hydroxyl groups excluding tert-OH is 2. The molecule has 0 aliphatic carbocycles. The molecule has 15 heavy (non-hydrogen) atoms. The fourth-order valence-electron chi connectivity index (χ4n) is 1.74. The highest BCUT2D eigenvalue weighted by Crippen LogP contribution is 2.05. The van der Waals surface area contributed by atoms with Gasteiger partial charge in [-0.3, -0.25) is 4.90 Å². The lowest BCUT2D eigenvalue weighted by atomic mass is 10.1. The monoisotopic (exact) mass is 218 g/mol. The van der Waals surface area contributed by atoms with Crippen molar-refractivity contribution >= 4 is 0 Å². The maximum Gasteiger partial charge on any atom is 0.0844 e. The zero-order valence-corrected chi connectivity index (χ0v) is 10.5. The van der Waals surface area contributed by atoms with Gasteiger partial charge in [0.25, 0.3) is 0 Å². The molecule has 0 aliphatic heterocycles. The van der Waals surface area contributed by atoms with Crippen LogP contribution in [0.15, 0.2) is 0 Å². The van der Waals surface area contributed by atoms with Crippen LogP contribution < -0.4 is 0 Å². The van der Waals surface area contributed by atoms with Gasteiger partial charge in [-0.1, -0.05) is 20.8 Å². The lowest BCUT2D eigenvalue weighted by molar-refractivity contribution is 0.00557. The zero-order chi connectivity index (χ0) is 11.8. The first kappa shape index (κ1) is 14.8. The Morgan fingerprint density at radius 3 is 1.93 bits per heavy atom. The Hall–Kier alpha value is -0.160. The van der Waals surface area contributed by atoms with E-state index in [-0.39, 0.29) is 12.6 Å². The molecule has 0 saturated heterocycles. The fourth-order valence-corrected chi connectivity index (χ4v) is 1.74. The van der Waals surface area contributed by atoms with Crippen LogP contribution in [0.5, 0.6) is 0 Å². The Morgan fingerprint density at radius 2 is 1.60 bits per heavy atom. The second kappa shape index (κ2) is 8.05. The third kappa shape index (κ3) is 4.93. The van der Waals surface area contributed by atoms with E-state index in [9.17, 15) is 10.2 Å². The molecule has 0 aromatic carbocycles. The molecular formula is C11H26N2O2. The first-order chi connectivity index (χ1) is 7.10. The van der Waals surface area contributed by atoms with Gasteiger partial charge < -0.3 is 15.1 Å². The number of rotatable bonds is 8. The Bertz CT molecular complexity index is 152. The minimum Gasteiger partial charge on any atom is -0.395 e. The average molecular weight is 218 g/mol.